The van der Waals surface area contributed by atoms with Crippen LogP contribution in [-0.2, 0) is 38.1 Å². The Kier molecular flexibility index (Phi) is 13.5. The van der Waals surface area contributed by atoms with E-state index in [0.29, 0.717) is 71.3 Å². The quantitative estimate of drug-likeness (QED) is 0.248. The molecule has 4 heterocycles. The van der Waals surface area contributed by atoms with E-state index in [2.05, 4.69) is 15.1 Å². The van der Waals surface area contributed by atoms with E-state index in [1.165, 1.54) is 11.0 Å². The van der Waals surface area contributed by atoms with Crippen LogP contribution in [0.5, 0.6) is 0 Å². The minimum absolute atomic E-state index is 0.0604. The second-order valence-corrected chi connectivity index (χ2v) is 15.3. The standard InChI is InChI=1S/C39H51ClF3N7O6/c1-2-55-34(51)12-13-46-19-21-47(22-20-46)28-8-14-48(15-9-28)36(52)33(25-26-23-30(39(41,42)43)35(44)31(40)24-26)56-38(54)49-16-10-29(11-17-49)50-18-7-27-5-3-4-6-32(27)45-37(50)53/h3-6,23-24,28-29,33H,2,7-22,25,44H2,1H3,(H,45,53)/t33-/m1/s1. The molecule has 56 heavy (non-hydrogen) atoms. The van der Waals surface area contributed by atoms with Gasteiger partial charge in [-0.1, -0.05) is 29.8 Å². The third-order valence-electron chi connectivity index (χ3n) is 11.4. The molecule has 0 aromatic heterocycles. The van der Waals surface area contributed by atoms with Gasteiger partial charge in [0, 0.05) is 89.6 Å². The Balaban J connectivity index is 1.07. The summed E-state index contributed by atoms with van der Waals surface area (Å²) in [7, 11) is 0. The summed E-state index contributed by atoms with van der Waals surface area (Å²) in [4.78, 5) is 62.2. The lowest BCUT2D eigenvalue weighted by atomic mass is 9.99. The molecule has 4 amide bonds. The summed E-state index contributed by atoms with van der Waals surface area (Å²) in [6, 6.07) is 9.72. The van der Waals surface area contributed by atoms with Crippen LogP contribution in [0.15, 0.2) is 36.4 Å². The number of amides is 4. The molecule has 1 atom stereocenters. The van der Waals surface area contributed by atoms with Crippen molar-refractivity contribution in [1.82, 2.24) is 24.5 Å². The highest BCUT2D eigenvalue weighted by molar-refractivity contribution is 6.33. The molecule has 2 aromatic rings. The number of benzene rings is 2. The maximum atomic E-state index is 14.1. The van der Waals surface area contributed by atoms with Crippen molar-refractivity contribution in [2.45, 2.75) is 76.2 Å². The van der Waals surface area contributed by atoms with Crippen LogP contribution < -0.4 is 11.1 Å². The molecule has 4 aliphatic heterocycles. The number of piperazine rings is 1. The van der Waals surface area contributed by atoms with Crippen molar-refractivity contribution >= 4 is 47.0 Å². The van der Waals surface area contributed by atoms with Gasteiger partial charge in [0.1, 0.15) is 0 Å². The highest BCUT2D eigenvalue weighted by Gasteiger charge is 2.38. The minimum Gasteiger partial charge on any atom is -0.466 e. The van der Waals surface area contributed by atoms with Crippen molar-refractivity contribution in [2.75, 3.05) is 83.1 Å². The van der Waals surface area contributed by atoms with Gasteiger partial charge in [-0.2, -0.15) is 13.2 Å². The fourth-order valence-corrected chi connectivity index (χ4v) is 8.45. The highest BCUT2D eigenvalue weighted by Crippen LogP contribution is 2.38. The molecule has 0 bridgehead atoms. The minimum atomic E-state index is -4.79. The molecule has 3 saturated heterocycles. The zero-order chi connectivity index (χ0) is 40.0. The number of likely N-dealkylation sites (tertiary alicyclic amines) is 2. The molecule has 0 saturated carbocycles. The van der Waals surface area contributed by atoms with Crippen LogP contribution in [-0.4, -0.2) is 139 Å². The maximum Gasteiger partial charge on any atom is 0.418 e. The topological polar surface area (TPSA) is 141 Å². The Morgan fingerprint density at radius 3 is 2.27 bits per heavy atom. The number of hydrogen-bond donors (Lipinski definition) is 2. The van der Waals surface area contributed by atoms with Gasteiger partial charge >= 0.3 is 24.3 Å². The average molecular weight is 806 g/mol. The van der Waals surface area contributed by atoms with Crippen molar-refractivity contribution in [3.63, 3.8) is 0 Å². The molecule has 2 aromatic carbocycles. The Morgan fingerprint density at radius 1 is 0.929 bits per heavy atom. The molecule has 0 unspecified atom stereocenters. The summed E-state index contributed by atoms with van der Waals surface area (Å²) in [5, 5.41) is 2.68. The average Bonchev–Trinajstić information content (AvgIpc) is 3.35. The number of rotatable bonds is 10. The first-order chi connectivity index (χ1) is 26.8. The third kappa shape index (κ3) is 10.2. The van der Waals surface area contributed by atoms with Crippen molar-refractivity contribution in [1.29, 1.82) is 0 Å². The number of carbonyl (C=O) groups excluding carboxylic acids is 4. The second-order valence-electron chi connectivity index (χ2n) is 14.9. The van der Waals surface area contributed by atoms with Gasteiger partial charge in [0.05, 0.1) is 29.3 Å². The van der Waals surface area contributed by atoms with Gasteiger partial charge in [0.15, 0.2) is 6.10 Å². The lowest BCUT2D eigenvalue weighted by molar-refractivity contribution is -0.144. The summed E-state index contributed by atoms with van der Waals surface area (Å²) in [5.41, 5.74) is 5.83. The van der Waals surface area contributed by atoms with Crippen molar-refractivity contribution in [3.05, 3.63) is 58.1 Å². The smallest absolute Gasteiger partial charge is 0.418 e. The van der Waals surface area contributed by atoms with E-state index in [1.807, 2.05) is 24.3 Å². The molecule has 4 aliphatic rings. The summed E-state index contributed by atoms with van der Waals surface area (Å²) < 4.78 is 52.6. The van der Waals surface area contributed by atoms with Gasteiger partial charge in [0.25, 0.3) is 5.91 Å². The molecule has 3 fully saturated rings. The molecular formula is C39H51ClF3N7O6. The van der Waals surface area contributed by atoms with Crippen LogP contribution in [0, 0.1) is 0 Å². The summed E-state index contributed by atoms with van der Waals surface area (Å²) in [6.07, 6.45) is -3.87. The van der Waals surface area contributed by atoms with Gasteiger partial charge in [-0.05, 0) is 68.4 Å². The fourth-order valence-electron chi connectivity index (χ4n) is 8.20. The number of nitrogens with one attached hydrogen (secondary N) is 1. The zero-order valence-corrected chi connectivity index (χ0v) is 32.5. The Hall–Kier alpha value is -4.28. The number of fused-ring (bicyclic) bond motifs is 1. The number of urea groups is 1. The lowest BCUT2D eigenvalue weighted by Crippen LogP contribution is -2.55. The number of anilines is 2. The first-order valence-corrected chi connectivity index (χ1v) is 19.9. The van der Waals surface area contributed by atoms with E-state index in [4.69, 9.17) is 26.8 Å². The van der Waals surface area contributed by atoms with E-state index in [9.17, 15) is 32.3 Å². The molecule has 13 nitrogen and oxygen atoms in total. The number of ether oxygens (including phenoxy) is 2. The number of piperidine rings is 2. The van der Waals surface area contributed by atoms with Gasteiger partial charge in [-0.3, -0.25) is 14.5 Å². The van der Waals surface area contributed by atoms with Crippen LogP contribution in [0.1, 0.15) is 55.7 Å². The van der Waals surface area contributed by atoms with Crippen molar-refractivity contribution in [3.8, 4) is 0 Å². The zero-order valence-electron chi connectivity index (χ0n) is 31.7. The monoisotopic (exact) mass is 805 g/mol. The third-order valence-corrected chi connectivity index (χ3v) is 11.7. The summed E-state index contributed by atoms with van der Waals surface area (Å²) in [6.45, 7) is 7.95. The summed E-state index contributed by atoms with van der Waals surface area (Å²) >= 11 is 6.13. The van der Waals surface area contributed by atoms with Crippen LogP contribution in [0.3, 0.4) is 0 Å². The van der Waals surface area contributed by atoms with Gasteiger partial charge in [-0.25, -0.2) is 9.59 Å². The molecular weight excluding hydrogens is 755 g/mol. The molecule has 0 radical (unpaired) electrons. The van der Waals surface area contributed by atoms with Crippen LogP contribution in [0.4, 0.5) is 34.1 Å². The lowest BCUT2D eigenvalue weighted by Gasteiger charge is -2.43. The molecule has 0 spiro atoms. The van der Waals surface area contributed by atoms with Gasteiger partial charge < -0.3 is 40.1 Å². The SMILES string of the molecule is CCOC(=O)CCN1CCN(C2CCN(C(=O)[C@@H](Cc3cc(Cl)c(N)c(C(F)(F)F)c3)OC(=O)N3CCC(N4CCc5ccccc5NC4=O)CC3)CC2)CC1. The molecule has 306 valence electrons. The maximum absolute atomic E-state index is 14.1. The van der Waals surface area contributed by atoms with E-state index in [0.717, 1.165) is 43.5 Å². The van der Waals surface area contributed by atoms with Crippen molar-refractivity contribution in [2.24, 2.45) is 0 Å². The number of carbonyl (C=O) groups is 4. The van der Waals surface area contributed by atoms with E-state index >= 15 is 0 Å². The Labute approximate surface area is 330 Å². The molecule has 3 N–H and O–H groups in total. The highest BCUT2D eigenvalue weighted by atomic mass is 35.5. The largest absolute Gasteiger partial charge is 0.466 e. The Morgan fingerprint density at radius 2 is 1.59 bits per heavy atom. The van der Waals surface area contributed by atoms with Gasteiger partial charge in [0.2, 0.25) is 0 Å². The first-order valence-electron chi connectivity index (χ1n) is 19.5. The second kappa shape index (κ2) is 18.3. The summed E-state index contributed by atoms with van der Waals surface area (Å²) in [5.74, 6) is -0.691. The number of nitrogens with zero attached hydrogens (tertiary/aromatic N) is 5. The van der Waals surface area contributed by atoms with E-state index < -0.39 is 35.5 Å². The molecule has 6 rings (SSSR count). The first kappa shape index (κ1) is 41.4. The number of nitrogen functional groups attached to an aromatic ring is 1. The number of para-hydroxylation sites is 1. The van der Waals surface area contributed by atoms with Gasteiger partial charge in [-0.15, -0.1) is 0 Å². The van der Waals surface area contributed by atoms with E-state index in [-0.39, 0.29) is 54.2 Å². The van der Waals surface area contributed by atoms with Crippen LogP contribution >= 0.6 is 11.6 Å². The van der Waals surface area contributed by atoms with Crippen molar-refractivity contribution < 1.29 is 41.8 Å². The fraction of sp³-hybridized carbons (Fsp3) is 0.590. The predicted octanol–water partition coefficient (Wildman–Crippen LogP) is 5.11. The predicted molar refractivity (Wildman–Crippen MR) is 204 cm³/mol. The molecule has 0 aliphatic carbocycles. The number of nitrogens with two attached hydrogens (primary N) is 1. The van der Waals surface area contributed by atoms with E-state index in [1.54, 1.807) is 16.7 Å². The number of esters is 1. The molecule has 17 heteroatoms. The number of halogens is 4. The number of hydrogen-bond acceptors (Lipinski definition) is 9. The normalized spacial score (nSPS) is 19.9. The Bertz CT molecular complexity index is 1730. The van der Waals surface area contributed by atoms with Crippen LogP contribution in [0.25, 0.3) is 0 Å². The van der Waals surface area contributed by atoms with Crippen LogP contribution in [0.2, 0.25) is 5.02 Å². The number of alkyl halides is 3.